The van der Waals surface area contributed by atoms with E-state index in [4.69, 9.17) is 0 Å². The molecule has 0 radical (unpaired) electrons. The van der Waals surface area contributed by atoms with E-state index in [-0.39, 0.29) is 46.4 Å². The summed E-state index contributed by atoms with van der Waals surface area (Å²) in [4.78, 5) is 29.1. The minimum Gasteiger partial charge on any atom is -0.502 e. The van der Waals surface area contributed by atoms with Gasteiger partial charge in [-0.2, -0.15) is 0 Å². The molecule has 35 heavy (non-hydrogen) atoms. The van der Waals surface area contributed by atoms with Crippen LogP contribution in [0, 0.1) is 40.2 Å². The van der Waals surface area contributed by atoms with Gasteiger partial charge in [0.2, 0.25) is 5.91 Å². The first-order chi connectivity index (χ1) is 16.7. The molecule has 186 valence electrons. The number of nitro groups is 1. The summed E-state index contributed by atoms with van der Waals surface area (Å²) in [6.45, 7) is 4.12. The second kappa shape index (κ2) is 8.89. The van der Waals surface area contributed by atoms with Crippen molar-refractivity contribution in [3.05, 3.63) is 44.4 Å². The van der Waals surface area contributed by atoms with Crippen LogP contribution in [0.1, 0.15) is 67.4 Å². The summed E-state index contributed by atoms with van der Waals surface area (Å²) < 4.78 is 0. The predicted molar refractivity (Wildman–Crippen MR) is 132 cm³/mol. The summed E-state index contributed by atoms with van der Waals surface area (Å²) in [5, 5.41) is 38.8. The number of aromatic hydroxyl groups is 1. The zero-order valence-electron chi connectivity index (χ0n) is 19.9. The molecule has 3 aliphatic carbocycles. The number of thiazole rings is 1. The first-order valence-electron chi connectivity index (χ1n) is 12.2. The Bertz CT molecular complexity index is 1210. The van der Waals surface area contributed by atoms with Crippen LogP contribution in [0.25, 0.3) is 0 Å². The van der Waals surface area contributed by atoms with Gasteiger partial charge in [-0.05, 0) is 80.8 Å². The van der Waals surface area contributed by atoms with Gasteiger partial charge >= 0.3 is 5.69 Å². The van der Waals surface area contributed by atoms with E-state index in [9.17, 15) is 25.2 Å². The molecule has 10 heteroatoms. The van der Waals surface area contributed by atoms with Crippen LogP contribution in [0.4, 0.5) is 10.8 Å². The maximum Gasteiger partial charge on any atom is 0.314 e. The molecular weight excluding hydrogens is 468 g/mol. The lowest BCUT2D eigenvalue weighted by Gasteiger charge is -2.50. The van der Waals surface area contributed by atoms with E-state index in [1.165, 1.54) is 17.4 Å². The number of aryl methyl sites for hydroxylation is 1. The number of nitrogens with one attached hydrogen (secondary N) is 1. The monoisotopic (exact) mass is 498 g/mol. The number of nitrogens with zero attached hydrogens (tertiary/aromatic N) is 3. The number of carbonyl (C=O) groups is 1. The fourth-order valence-electron chi connectivity index (χ4n) is 7.25. The van der Waals surface area contributed by atoms with Crippen molar-refractivity contribution in [3.8, 4) is 5.75 Å². The Balaban J connectivity index is 1.40. The van der Waals surface area contributed by atoms with Gasteiger partial charge in [-0.3, -0.25) is 14.9 Å². The molecule has 0 bridgehead atoms. The smallest absolute Gasteiger partial charge is 0.314 e. The Hall–Kier alpha value is -3.01. The molecule has 0 saturated heterocycles. The molecule has 3 N–H and O–H groups in total. The molecule has 1 aromatic carbocycles. The Morgan fingerprint density at radius 3 is 2.89 bits per heavy atom. The van der Waals surface area contributed by atoms with Crippen LogP contribution < -0.4 is 5.32 Å². The van der Waals surface area contributed by atoms with Crippen LogP contribution in [-0.2, 0) is 11.2 Å². The van der Waals surface area contributed by atoms with Crippen molar-refractivity contribution >= 4 is 33.8 Å². The number of aromatic nitrogens is 1. The third kappa shape index (κ3) is 3.97. The second-order valence-electron chi connectivity index (χ2n) is 10.4. The molecule has 0 spiro atoms. The summed E-state index contributed by atoms with van der Waals surface area (Å²) in [6.07, 6.45) is 6.43. The standard InChI is InChI=1S/C25H30N4O5S/c1-13-12-26-24(35-13)27-21(31)8-3-14-11-20(28-32)25(2)10-9-16-15-6-7-19(30)23(29(33)34)18(15)5-4-17(16)22(14)25/h6-7,12,14,16-17,22,30,32H,3-5,8-11H2,1-2H3,(H,26,27,31)/t14-,16?,17?,22?,25-/m1/s1. The summed E-state index contributed by atoms with van der Waals surface area (Å²) in [5.74, 6) is 0.507. The molecule has 9 nitrogen and oxygen atoms in total. The molecule has 1 aromatic heterocycles. The van der Waals surface area contributed by atoms with Crippen LogP contribution >= 0.6 is 11.3 Å². The Kier molecular flexibility index (Phi) is 6.03. The lowest BCUT2D eigenvalue weighted by Crippen LogP contribution is -2.44. The first-order valence-corrected chi connectivity index (χ1v) is 13.0. The zero-order chi connectivity index (χ0) is 24.9. The molecule has 2 aromatic rings. The van der Waals surface area contributed by atoms with Crippen molar-refractivity contribution in [3.63, 3.8) is 0 Å². The minimum atomic E-state index is -0.473. The van der Waals surface area contributed by atoms with E-state index in [1.54, 1.807) is 6.20 Å². The summed E-state index contributed by atoms with van der Waals surface area (Å²) >= 11 is 1.45. The molecular formula is C25H30N4O5S. The van der Waals surface area contributed by atoms with E-state index >= 15 is 0 Å². The van der Waals surface area contributed by atoms with Gasteiger partial charge in [0, 0.05) is 28.5 Å². The van der Waals surface area contributed by atoms with Gasteiger partial charge in [-0.15, -0.1) is 11.3 Å². The zero-order valence-corrected chi connectivity index (χ0v) is 20.7. The van der Waals surface area contributed by atoms with Crippen molar-refractivity contribution in [2.45, 2.75) is 64.7 Å². The highest BCUT2D eigenvalue weighted by Gasteiger charge is 2.58. The molecule has 0 aliphatic heterocycles. The normalized spacial score (nSPS) is 30.4. The van der Waals surface area contributed by atoms with Crippen LogP contribution in [0.15, 0.2) is 23.5 Å². The molecule has 3 aliphatic rings. The summed E-state index contributed by atoms with van der Waals surface area (Å²) in [5.41, 5.74) is 2.03. The average molecular weight is 499 g/mol. The van der Waals surface area contributed by atoms with Gasteiger partial charge in [0.1, 0.15) is 0 Å². The third-order valence-electron chi connectivity index (χ3n) is 8.65. The number of amides is 1. The van der Waals surface area contributed by atoms with Gasteiger partial charge in [-0.25, -0.2) is 4.98 Å². The number of hydrogen-bond donors (Lipinski definition) is 3. The lowest BCUT2D eigenvalue weighted by molar-refractivity contribution is -0.386. The molecule has 1 amide bonds. The maximum absolute atomic E-state index is 12.6. The van der Waals surface area contributed by atoms with E-state index in [2.05, 4.69) is 22.4 Å². The van der Waals surface area contributed by atoms with Crippen LogP contribution in [0.2, 0.25) is 0 Å². The number of nitro benzene ring substituents is 1. The Morgan fingerprint density at radius 2 is 2.20 bits per heavy atom. The number of rotatable bonds is 5. The number of anilines is 1. The van der Waals surface area contributed by atoms with Crippen molar-refractivity contribution in [1.29, 1.82) is 0 Å². The predicted octanol–water partition coefficient (Wildman–Crippen LogP) is 5.40. The average Bonchev–Trinajstić information content (AvgIpc) is 3.36. The van der Waals surface area contributed by atoms with Crippen molar-refractivity contribution in [2.24, 2.45) is 28.3 Å². The molecule has 2 fully saturated rings. The fraction of sp³-hybridized carbons (Fsp3) is 0.560. The number of hydrogen-bond acceptors (Lipinski definition) is 8. The molecule has 5 rings (SSSR count). The first kappa shape index (κ1) is 23.7. The lowest BCUT2D eigenvalue weighted by atomic mass is 9.53. The second-order valence-corrected chi connectivity index (χ2v) is 11.7. The molecule has 2 saturated carbocycles. The van der Waals surface area contributed by atoms with E-state index in [0.29, 0.717) is 36.4 Å². The number of carbonyl (C=O) groups excluding carboxylic acids is 1. The highest BCUT2D eigenvalue weighted by molar-refractivity contribution is 7.15. The number of phenols is 1. The molecule has 3 unspecified atom stereocenters. The van der Waals surface area contributed by atoms with Gasteiger partial charge in [-0.1, -0.05) is 18.1 Å². The Labute approximate surface area is 207 Å². The quantitative estimate of drug-likeness (QED) is 0.287. The number of oxime groups is 1. The molecule has 5 atom stereocenters. The summed E-state index contributed by atoms with van der Waals surface area (Å²) in [6, 6.07) is 3.30. The van der Waals surface area contributed by atoms with Crippen molar-refractivity contribution in [2.75, 3.05) is 5.32 Å². The van der Waals surface area contributed by atoms with Crippen molar-refractivity contribution in [1.82, 2.24) is 4.98 Å². The summed E-state index contributed by atoms with van der Waals surface area (Å²) in [7, 11) is 0. The van der Waals surface area contributed by atoms with Crippen LogP contribution in [0.3, 0.4) is 0 Å². The third-order valence-corrected chi connectivity index (χ3v) is 9.48. The topological polar surface area (TPSA) is 138 Å². The van der Waals surface area contributed by atoms with E-state index in [1.807, 2.05) is 13.0 Å². The van der Waals surface area contributed by atoms with Crippen LogP contribution in [-0.4, -0.2) is 31.8 Å². The SMILES string of the molecule is Cc1cnc(NC(=O)CC[C@@H]2CC(=NO)[C@@]3(C)CCC4c5ccc(O)c([N+](=O)[O-])c5CCC4C23)s1. The highest BCUT2D eigenvalue weighted by atomic mass is 32.1. The fourth-order valence-corrected chi connectivity index (χ4v) is 7.93. The Morgan fingerprint density at radius 1 is 1.40 bits per heavy atom. The number of fused-ring (bicyclic) bond motifs is 5. The minimum absolute atomic E-state index is 0.0668. The van der Waals surface area contributed by atoms with Crippen molar-refractivity contribution < 1.29 is 20.0 Å². The van der Waals surface area contributed by atoms with Gasteiger partial charge in [0.05, 0.1) is 10.6 Å². The van der Waals surface area contributed by atoms with E-state index < -0.39 is 4.92 Å². The number of phenolic OH excluding ortho intramolecular Hbond substituents is 1. The number of benzene rings is 1. The molecule has 1 heterocycles. The van der Waals surface area contributed by atoms with Crippen LogP contribution in [0.5, 0.6) is 5.75 Å². The highest BCUT2D eigenvalue weighted by Crippen LogP contribution is 2.63. The maximum atomic E-state index is 12.6. The van der Waals surface area contributed by atoms with Gasteiger partial charge in [0.15, 0.2) is 10.9 Å². The van der Waals surface area contributed by atoms with Gasteiger partial charge < -0.3 is 15.6 Å². The van der Waals surface area contributed by atoms with Gasteiger partial charge in [0.25, 0.3) is 0 Å². The van der Waals surface area contributed by atoms with E-state index in [0.717, 1.165) is 35.4 Å². The largest absolute Gasteiger partial charge is 0.502 e.